The maximum absolute atomic E-state index is 4.58. The van der Waals surface area contributed by atoms with E-state index in [4.69, 9.17) is 0 Å². The van der Waals surface area contributed by atoms with Gasteiger partial charge >= 0.3 is 0 Å². The van der Waals surface area contributed by atoms with E-state index < -0.39 is 0 Å². The first-order valence-electron chi connectivity index (χ1n) is 4.33. The van der Waals surface area contributed by atoms with Crippen LogP contribution in [0.3, 0.4) is 0 Å². The molecular formula is C11H7NS2Zn. The summed E-state index contributed by atoms with van der Waals surface area (Å²) in [6.45, 7) is 0. The summed E-state index contributed by atoms with van der Waals surface area (Å²) in [4.78, 5) is 5.84. The Morgan fingerprint density at radius 2 is 1.87 bits per heavy atom. The molecule has 70 valence electrons. The Balaban J connectivity index is 0.000000853. The molecule has 0 N–H and O–H groups in total. The Bertz CT molecular complexity index is 524. The molecule has 0 amide bonds. The predicted molar refractivity (Wildman–Crippen MR) is 62.9 cm³/mol. The average molecular weight is 283 g/mol. The fourth-order valence-electron chi connectivity index (χ4n) is 1.38. The molecule has 3 aromatic rings. The molecule has 0 saturated heterocycles. The molecule has 0 aliphatic heterocycles. The molecule has 0 aliphatic carbocycles. The first-order chi connectivity index (χ1) is 6.93. The zero-order valence-corrected chi connectivity index (χ0v) is 12.6. The summed E-state index contributed by atoms with van der Waals surface area (Å²) in [5, 5.41) is 3.21. The molecular weight excluding hydrogens is 276 g/mol. The van der Waals surface area contributed by atoms with Gasteiger partial charge in [0.2, 0.25) is 0 Å². The molecule has 0 saturated carbocycles. The number of thiophene rings is 1. The van der Waals surface area contributed by atoms with Gasteiger partial charge in [-0.05, 0) is 23.6 Å². The van der Waals surface area contributed by atoms with E-state index in [1.807, 2.05) is 6.07 Å². The summed E-state index contributed by atoms with van der Waals surface area (Å²) in [5.41, 5.74) is 1.10. The van der Waals surface area contributed by atoms with E-state index in [9.17, 15) is 0 Å². The van der Waals surface area contributed by atoms with E-state index in [-0.39, 0.29) is 19.5 Å². The summed E-state index contributed by atoms with van der Waals surface area (Å²) in [6.07, 6.45) is 0. The van der Waals surface area contributed by atoms with Gasteiger partial charge in [0.15, 0.2) is 0 Å². The molecule has 0 bridgehead atoms. The Morgan fingerprint density at radius 1 is 1.00 bits per heavy atom. The largest absolute Gasteiger partial charge is 0.235 e. The second-order valence-corrected chi connectivity index (χ2v) is 4.94. The summed E-state index contributed by atoms with van der Waals surface area (Å²) in [6, 6.07) is 12.4. The van der Waals surface area contributed by atoms with Crippen molar-refractivity contribution in [2.24, 2.45) is 0 Å². The molecule has 4 heteroatoms. The third-order valence-electron chi connectivity index (χ3n) is 2.03. The van der Waals surface area contributed by atoms with Gasteiger partial charge in [0.25, 0.3) is 0 Å². The second-order valence-electron chi connectivity index (χ2n) is 2.96. The third kappa shape index (κ3) is 2.03. The van der Waals surface area contributed by atoms with Crippen LogP contribution in [0.2, 0.25) is 0 Å². The van der Waals surface area contributed by atoms with Gasteiger partial charge in [-0.15, -0.1) is 22.7 Å². The number of hydrogen-bond acceptors (Lipinski definition) is 3. The number of fused-ring (bicyclic) bond motifs is 1. The van der Waals surface area contributed by atoms with Crippen LogP contribution in [0.5, 0.6) is 0 Å². The minimum Gasteiger partial charge on any atom is -0.235 e. The SMILES string of the molecule is [Zn].c1csc(-c2nc3ccccc3s2)c1. The van der Waals surface area contributed by atoms with Crippen molar-refractivity contribution in [3.63, 3.8) is 0 Å². The quantitative estimate of drug-likeness (QED) is 0.614. The Labute approximate surface area is 109 Å². The summed E-state index contributed by atoms with van der Waals surface area (Å²) in [5.74, 6) is 0. The second kappa shape index (κ2) is 4.52. The van der Waals surface area contributed by atoms with E-state index >= 15 is 0 Å². The fraction of sp³-hybridized carbons (Fsp3) is 0. The summed E-state index contributed by atoms with van der Waals surface area (Å²) in [7, 11) is 0. The zero-order chi connectivity index (χ0) is 9.38. The van der Waals surface area contributed by atoms with Crippen LogP contribution in [0.4, 0.5) is 0 Å². The van der Waals surface area contributed by atoms with Crippen LogP contribution in [0, 0.1) is 0 Å². The van der Waals surface area contributed by atoms with E-state index in [1.54, 1.807) is 22.7 Å². The number of para-hydroxylation sites is 1. The maximum Gasteiger partial charge on any atom is 0.134 e. The van der Waals surface area contributed by atoms with Crippen molar-refractivity contribution in [3.8, 4) is 9.88 Å². The normalized spacial score (nSPS) is 10.1. The number of rotatable bonds is 1. The monoisotopic (exact) mass is 281 g/mol. The van der Waals surface area contributed by atoms with Crippen molar-refractivity contribution in [3.05, 3.63) is 41.8 Å². The summed E-state index contributed by atoms with van der Waals surface area (Å²) >= 11 is 3.49. The molecule has 15 heavy (non-hydrogen) atoms. The van der Waals surface area contributed by atoms with Crippen LogP contribution in [0.1, 0.15) is 0 Å². The van der Waals surface area contributed by atoms with Crippen molar-refractivity contribution < 1.29 is 19.5 Å². The molecule has 0 unspecified atom stereocenters. The Kier molecular flexibility index (Phi) is 3.30. The smallest absolute Gasteiger partial charge is 0.134 e. The standard InChI is InChI=1S/C11H7NS2.Zn/c1-2-5-9-8(4-1)12-11(14-9)10-6-3-7-13-10;/h1-7H;. The summed E-state index contributed by atoms with van der Waals surface area (Å²) < 4.78 is 1.26. The molecule has 2 aromatic heterocycles. The number of benzene rings is 1. The molecule has 1 nitrogen and oxygen atoms in total. The molecule has 0 fully saturated rings. The van der Waals surface area contributed by atoms with Crippen LogP contribution in [-0.4, -0.2) is 4.98 Å². The van der Waals surface area contributed by atoms with Crippen molar-refractivity contribution >= 4 is 32.9 Å². The van der Waals surface area contributed by atoms with E-state index in [0.717, 1.165) is 10.5 Å². The Hall–Kier alpha value is -0.567. The van der Waals surface area contributed by atoms with Gasteiger partial charge in [-0.25, -0.2) is 4.98 Å². The van der Waals surface area contributed by atoms with Gasteiger partial charge < -0.3 is 0 Å². The number of hydrogen-bond donors (Lipinski definition) is 0. The van der Waals surface area contributed by atoms with Crippen LogP contribution < -0.4 is 0 Å². The van der Waals surface area contributed by atoms with Crippen LogP contribution in [0.25, 0.3) is 20.1 Å². The van der Waals surface area contributed by atoms with Crippen LogP contribution >= 0.6 is 22.7 Å². The maximum atomic E-state index is 4.58. The van der Waals surface area contributed by atoms with Gasteiger partial charge in [0.1, 0.15) is 5.01 Å². The fourth-order valence-corrected chi connectivity index (χ4v) is 3.14. The van der Waals surface area contributed by atoms with E-state index in [0.29, 0.717) is 0 Å². The zero-order valence-electron chi connectivity index (χ0n) is 8.01. The van der Waals surface area contributed by atoms with Crippen molar-refractivity contribution in [2.75, 3.05) is 0 Å². The van der Waals surface area contributed by atoms with Gasteiger partial charge in [0.05, 0.1) is 15.1 Å². The topological polar surface area (TPSA) is 12.9 Å². The van der Waals surface area contributed by atoms with Crippen molar-refractivity contribution in [1.29, 1.82) is 0 Å². The Morgan fingerprint density at radius 3 is 2.60 bits per heavy atom. The predicted octanol–water partition coefficient (Wildman–Crippen LogP) is 4.02. The van der Waals surface area contributed by atoms with Crippen LogP contribution in [-0.2, 0) is 19.5 Å². The molecule has 0 radical (unpaired) electrons. The number of aromatic nitrogens is 1. The van der Waals surface area contributed by atoms with Crippen molar-refractivity contribution in [2.45, 2.75) is 0 Å². The van der Waals surface area contributed by atoms with Crippen molar-refractivity contribution in [1.82, 2.24) is 4.98 Å². The number of thiazole rings is 1. The van der Waals surface area contributed by atoms with Gasteiger partial charge in [0, 0.05) is 19.5 Å². The van der Waals surface area contributed by atoms with E-state index in [1.165, 1.54) is 9.58 Å². The first-order valence-corrected chi connectivity index (χ1v) is 6.02. The van der Waals surface area contributed by atoms with Crippen LogP contribution in [0.15, 0.2) is 41.8 Å². The first kappa shape index (κ1) is 10.9. The average Bonchev–Trinajstić information content (AvgIpc) is 2.86. The van der Waals surface area contributed by atoms with Gasteiger partial charge in [-0.2, -0.15) is 0 Å². The molecule has 3 rings (SSSR count). The molecule has 1 aromatic carbocycles. The molecule has 2 heterocycles. The molecule has 0 atom stereocenters. The molecule has 0 spiro atoms. The molecule has 0 aliphatic rings. The third-order valence-corrected chi connectivity index (χ3v) is 4.10. The minimum absolute atomic E-state index is 0. The number of nitrogens with zero attached hydrogens (tertiary/aromatic N) is 1. The van der Waals surface area contributed by atoms with Gasteiger partial charge in [-0.1, -0.05) is 18.2 Å². The minimum atomic E-state index is 0. The van der Waals surface area contributed by atoms with Gasteiger partial charge in [-0.3, -0.25) is 0 Å². The van der Waals surface area contributed by atoms with E-state index in [2.05, 4.69) is 40.7 Å².